The molecule has 4 heteroatoms. The first-order chi connectivity index (χ1) is 11.2. The number of anilines is 2. The average molecular weight is 335 g/mol. The number of benzene rings is 1. The number of Topliss-reactive ketones (excluding diaryl/α,β-unsaturated/α-hetero) is 1. The molecule has 0 aromatic heterocycles. The number of ether oxygens (including phenoxy) is 1. The van der Waals surface area contributed by atoms with E-state index in [1.165, 1.54) is 0 Å². The topological polar surface area (TPSA) is 55.6 Å². The molecule has 1 aromatic rings. The predicted octanol–water partition coefficient (Wildman–Crippen LogP) is 4.10. The van der Waals surface area contributed by atoms with Crippen LogP contribution >= 0.6 is 0 Å². The number of nitrogens with two attached hydrogens (primary N) is 1. The smallest absolute Gasteiger partial charge is 0.130 e. The Kier molecular flexibility index (Phi) is 8.26. The Hall–Kier alpha value is -1.55. The third kappa shape index (κ3) is 6.52. The molecule has 24 heavy (non-hydrogen) atoms. The van der Waals surface area contributed by atoms with Crippen molar-refractivity contribution < 1.29 is 9.53 Å². The van der Waals surface area contributed by atoms with E-state index in [4.69, 9.17) is 10.5 Å². The average Bonchev–Trinajstić information content (AvgIpc) is 2.44. The molecule has 0 saturated heterocycles. The van der Waals surface area contributed by atoms with Gasteiger partial charge in [0.05, 0.1) is 18.0 Å². The van der Waals surface area contributed by atoms with Gasteiger partial charge < -0.3 is 20.2 Å². The summed E-state index contributed by atoms with van der Waals surface area (Å²) in [4.78, 5) is 13.9. The number of carbonyl (C=O) groups excluding carboxylic acids is 1. The van der Waals surface area contributed by atoms with Crippen molar-refractivity contribution >= 4 is 17.2 Å². The summed E-state index contributed by atoms with van der Waals surface area (Å²) in [6.45, 7) is 13.0. The molecule has 0 spiro atoms. The maximum Gasteiger partial charge on any atom is 0.130 e. The second-order valence-electron chi connectivity index (χ2n) is 7.57. The standard InChI is InChI=1S/C20H34N2O2/c1-14(2)11-22(12-15(3)4)20-8-7-17(10-19(20)21)18(13-24-6)9-16(5)23/h7-8,10,14-15,18H,9,11-13,21H2,1-6H3. The quantitative estimate of drug-likeness (QED) is 0.655. The predicted molar refractivity (Wildman–Crippen MR) is 103 cm³/mol. The summed E-state index contributed by atoms with van der Waals surface area (Å²) in [5.74, 6) is 1.37. The fourth-order valence-corrected chi connectivity index (χ4v) is 3.09. The fraction of sp³-hybridized carbons (Fsp3) is 0.650. The molecule has 0 saturated carbocycles. The number of ketones is 1. The van der Waals surface area contributed by atoms with Crippen molar-refractivity contribution in [3.05, 3.63) is 23.8 Å². The van der Waals surface area contributed by atoms with E-state index < -0.39 is 0 Å². The van der Waals surface area contributed by atoms with Gasteiger partial charge >= 0.3 is 0 Å². The number of nitrogen functional groups attached to an aromatic ring is 1. The van der Waals surface area contributed by atoms with E-state index in [1.807, 2.05) is 6.07 Å². The van der Waals surface area contributed by atoms with Crippen molar-refractivity contribution in [3.63, 3.8) is 0 Å². The van der Waals surface area contributed by atoms with Crippen LogP contribution in [0.2, 0.25) is 0 Å². The molecular weight excluding hydrogens is 300 g/mol. The van der Waals surface area contributed by atoms with Crippen LogP contribution in [0.5, 0.6) is 0 Å². The van der Waals surface area contributed by atoms with Gasteiger partial charge in [0.25, 0.3) is 0 Å². The van der Waals surface area contributed by atoms with Crippen molar-refractivity contribution in [3.8, 4) is 0 Å². The largest absolute Gasteiger partial charge is 0.397 e. The van der Waals surface area contributed by atoms with Crippen LogP contribution in [0.15, 0.2) is 18.2 Å². The zero-order valence-electron chi connectivity index (χ0n) is 16.1. The van der Waals surface area contributed by atoms with Crippen LogP contribution < -0.4 is 10.6 Å². The Bertz CT molecular complexity index is 516. The minimum Gasteiger partial charge on any atom is -0.397 e. The van der Waals surface area contributed by atoms with Crippen LogP contribution in [0, 0.1) is 11.8 Å². The summed E-state index contributed by atoms with van der Waals surface area (Å²) >= 11 is 0. The van der Waals surface area contributed by atoms with Gasteiger partial charge in [0.15, 0.2) is 0 Å². The molecule has 1 atom stereocenters. The fourth-order valence-electron chi connectivity index (χ4n) is 3.09. The second kappa shape index (κ2) is 9.67. The highest BCUT2D eigenvalue weighted by molar-refractivity contribution is 5.77. The Morgan fingerprint density at radius 2 is 1.75 bits per heavy atom. The van der Waals surface area contributed by atoms with Crippen molar-refractivity contribution in [2.24, 2.45) is 11.8 Å². The molecule has 0 aliphatic rings. The number of methoxy groups -OCH3 is 1. The molecule has 2 N–H and O–H groups in total. The van der Waals surface area contributed by atoms with Crippen molar-refractivity contribution in [2.45, 2.75) is 47.0 Å². The van der Waals surface area contributed by atoms with Gasteiger partial charge in [-0.1, -0.05) is 33.8 Å². The molecule has 1 aromatic carbocycles. The molecule has 1 unspecified atom stereocenters. The highest BCUT2D eigenvalue weighted by Gasteiger charge is 2.18. The number of rotatable bonds is 10. The molecule has 136 valence electrons. The van der Waals surface area contributed by atoms with E-state index in [-0.39, 0.29) is 11.7 Å². The first-order valence-corrected chi connectivity index (χ1v) is 8.87. The summed E-state index contributed by atoms with van der Waals surface area (Å²) in [5.41, 5.74) is 9.30. The Morgan fingerprint density at radius 1 is 1.17 bits per heavy atom. The van der Waals surface area contributed by atoms with E-state index in [1.54, 1.807) is 14.0 Å². The molecule has 4 nitrogen and oxygen atoms in total. The summed E-state index contributed by atoms with van der Waals surface area (Å²) in [5, 5.41) is 0. The molecule has 0 radical (unpaired) electrons. The number of carbonyl (C=O) groups is 1. The van der Waals surface area contributed by atoms with Gasteiger partial charge in [0, 0.05) is 32.5 Å². The van der Waals surface area contributed by atoms with Gasteiger partial charge in [0.1, 0.15) is 5.78 Å². The van der Waals surface area contributed by atoms with Gasteiger partial charge in [0.2, 0.25) is 0 Å². The lowest BCUT2D eigenvalue weighted by molar-refractivity contribution is -0.117. The zero-order valence-corrected chi connectivity index (χ0v) is 16.1. The molecule has 0 heterocycles. The summed E-state index contributed by atoms with van der Waals surface area (Å²) in [6.07, 6.45) is 0.480. The molecule has 1 rings (SSSR count). The second-order valence-corrected chi connectivity index (χ2v) is 7.57. The zero-order chi connectivity index (χ0) is 18.3. The minimum atomic E-state index is 0.0625. The molecule has 0 aliphatic heterocycles. The van der Waals surface area contributed by atoms with Crippen LogP contribution in [-0.4, -0.2) is 32.6 Å². The van der Waals surface area contributed by atoms with E-state index >= 15 is 0 Å². The molecule has 0 bridgehead atoms. The Balaban J connectivity index is 3.08. The summed E-state index contributed by atoms with van der Waals surface area (Å²) in [7, 11) is 1.66. The highest BCUT2D eigenvalue weighted by atomic mass is 16.5. The van der Waals surface area contributed by atoms with Crippen LogP contribution in [0.4, 0.5) is 11.4 Å². The maximum atomic E-state index is 11.5. The van der Waals surface area contributed by atoms with Gasteiger partial charge in [-0.3, -0.25) is 0 Å². The van der Waals surface area contributed by atoms with Gasteiger partial charge in [-0.2, -0.15) is 0 Å². The first-order valence-electron chi connectivity index (χ1n) is 8.87. The molecular formula is C20H34N2O2. The van der Waals surface area contributed by atoms with Gasteiger partial charge in [-0.05, 0) is 36.5 Å². The number of nitrogens with zero attached hydrogens (tertiary/aromatic N) is 1. The molecule has 0 amide bonds. The van der Waals surface area contributed by atoms with Crippen LogP contribution in [0.25, 0.3) is 0 Å². The number of hydrogen-bond acceptors (Lipinski definition) is 4. The monoisotopic (exact) mass is 334 g/mol. The maximum absolute atomic E-state index is 11.5. The highest BCUT2D eigenvalue weighted by Crippen LogP contribution is 2.30. The third-order valence-electron chi connectivity index (χ3n) is 3.94. The number of hydrogen-bond donors (Lipinski definition) is 1. The van der Waals surface area contributed by atoms with Crippen molar-refractivity contribution in [1.82, 2.24) is 0 Å². The summed E-state index contributed by atoms with van der Waals surface area (Å²) < 4.78 is 5.28. The van der Waals surface area contributed by atoms with Crippen LogP contribution in [0.1, 0.15) is 52.5 Å². The normalized spacial score (nSPS) is 12.7. The van der Waals surface area contributed by atoms with E-state index in [0.29, 0.717) is 24.9 Å². The van der Waals surface area contributed by atoms with Gasteiger partial charge in [-0.15, -0.1) is 0 Å². The SMILES string of the molecule is COCC(CC(C)=O)c1ccc(N(CC(C)C)CC(C)C)c(N)c1. The van der Waals surface area contributed by atoms with Gasteiger partial charge in [-0.25, -0.2) is 0 Å². The Morgan fingerprint density at radius 3 is 2.17 bits per heavy atom. The minimum absolute atomic E-state index is 0.0625. The molecule has 0 aliphatic carbocycles. The van der Waals surface area contributed by atoms with E-state index in [2.05, 4.69) is 44.7 Å². The summed E-state index contributed by atoms with van der Waals surface area (Å²) in [6, 6.07) is 6.19. The lowest BCUT2D eigenvalue weighted by Crippen LogP contribution is -2.32. The van der Waals surface area contributed by atoms with E-state index in [0.717, 1.165) is 30.0 Å². The van der Waals surface area contributed by atoms with Crippen molar-refractivity contribution in [2.75, 3.05) is 37.4 Å². The molecule has 0 fully saturated rings. The van der Waals surface area contributed by atoms with Crippen LogP contribution in [-0.2, 0) is 9.53 Å². The lowest BCUT2D eigenvalue weighted by atomic mass is 9.93. The third-order valence-corrected chi connectivity index (χ3v) is 3.94. The lowest BCUT2D eigenvalue weighted by Gasteiger charge is -2.30. The van der Waals surface area contributed by atoms with Crippen LogP contribution in [0.3, 0.4) is 0 Å². The first kappa shape index (κ1) is 20.5. The Labute approximate surface area is 147 Å². The van der Waals surface area contributed by atoms with Crippen molar-refractivity contribution in [1.29, 1.82) is 0 Å². The van der Waals surface area contributed by atoms with E-state index in [9.17, 15) is 4.79 Å².